The molecule has 0 amide bonds. The molecule has 1 aromatic carbocycles. The first-order chi connectivity index (χ1) is 12.4. The SMILES string of the molecule is Cc1cc(Nc2ccc3c(c2)CCN2CCNC[C@@H]32)nc(C(F)(F)F)n1.Cl. The van der Waals surface area contributed by atoms with Gasteiger partial charge < -0.3 is 10.6 Å². The second-order valence-corrected chi connectivity index (χ2v) is 6.76. The molecule has 146 valence electrons. The lowest BCUT2D eigenvalue weighted by Crippen LogP contribution is -2.48. The molecule has 1 atom stereocenters. The Bertz CT molecular complexity index is 827. The molecule has 2 N–H and O–H groups in total. The van der Waals surface area contributed by atoms with Crippen molar-refractivity contribution in [1.82, 2.24) is 20.2 Å². The minimum absolute atomic E-state index is 0. The normalized spacial score (nSPS) is 19.6. The molecule has 5 nitrogen and oxygen atoms in total. The van der Waals surface area contributed by atoms with E-state index in [9.17, 15) is 13.2 Å². The third-order valence-electron chi connectivity index (χ3n) is 4.90. The van der Waals surface area contributed by atoms with E-state index in [-0.39, 0.29) is 23.9 Å². The highest BCUT2D eigenvalue weighted by molar-refractivity contribution is 5.85. The Labute approximate surface area is 161 Å². The highest BCUT2D eigenvalue weighted by atomic mass is 35.5. The number of aryl methyl sites for hydroxylation is 1. The minimum atomic E-state index is -4.56. The van der Waals surface area contributed by atoms with E-state index in [1.807, 2.05) is 12.1 Å². The summed E-state index contributed by atoms with van der Waals surface area (Å²) in [5, 5.41) is 6.42. The fraction of sp³-hybridized carbons (Fsp3) is 0.444. The van der Waals surface area contributed by atoms with Crippen molar-refractivity contribution in [1.29, 1.82) is 0 Å². The Hall–Kier alpha value is -1.90. The molecule has 9 heteroatoms. The third kappa shape index (κ3) is 4.17. The van der Waals surface area contributed by atoms with E-state index in [4.69, 9.17) is 0 Å². The summed E-state index contributed by atoms with van der Waals surface area (Å²) in [6, 6.07) is 7.88. The zero-order valence-corrected chi connectivity index (χ0v) is 15.6. The third-order valence-corrected chi connectivity index (χ3v) is 4.90. The summed E-state index contributed by atoms with van der Waals surface area (Å²) >= 11 is 0. The van der Waals surface area contributed by atoms with Crippen LogP contribution in [0.5, 0.6) is 0 Å². The molecule has 2 aliphatic heterocycles. The molecule has 0 unspecified atom stereocenters. The van der Waals surface area contributed by atoms with Gasteiger partial charge in [0, 0.05) is 49.7 Å². The van der Waals surface area contributed by atoms with Gasteiger partial charge in [0.1, 0.15) is 5.82 Å². The van der Waals surface area contributed by atoms with Gasteiger partial charge in [-0.15, -0.1) is 12.4 Å². The largest absolute Gasteiger partial charge is 0.451 e. The van der Waals surface area contributed by atoms with Gasteiger partial charge in [0.25, 0.3) is 0 Å². The zero-order chi connectivity index (χ0) is 18.3. The Morgan fingerprint density at radius 1 is 1.19 bits per heavy atom. The Morgan fingerprint density at radius 3 is 2.78 bits per heavy atom. The van der Waals surface area contributed by atoms with E-state index in [1.165, 1.54) is 24.1 Å². The van der Waals surface area contributed by atoms with Crippen molar-refractivity contribution in [3.63, 3.8) is 0 Å². The number of benzene rings is 1. The number of rotatable bonds is 2. The molecule has 0 aliphatic carbocycles. The number of piperazine rings is 1. The smallest absolute Gasteiger partial charge is 0.340 e. The fourth-order valence-electron chi connectivity index (χ4n) is 3.72. The van der Waals surface area contributed by atoms with Gasteiger partial charge in [-0.1, -0.05) is 6.07 Å². The number of hydrogen-bond acceptors (Lipinski definition) is 5. The van der Waals surface area contributed by atoms with Crippen LogP contribution in [0, 0.1) is 6.92 Å². The van der Waals surface area contributed by atoms with E-state index in [0.29, 0.717) is 6.04 Å². The van der Waals surface area contributed by atoms with E-state index < -0.39 is 12.0 Å². The van der Waals surface area contributed by atoms with E-state index in [0.717, 1.165) is 38.3 Å². The molecule has 3 heterocycles. The molecular weight excluding hydrogens is 379 g/mol. The van der Waals surface area contributed by atoms with Crippen LogP contribution < -0.4 is 10.6 Å². The average molecular weight is 400 g/mol. The molecule has 1 saturated heterocycles. The first kappa shape index (κ1) is 19.9. The van der Waals surface area contributed by atoms with Crippen molar-refractivity contribution in [2.24, 2.45) is 0 Å². The minimum Gasteiger partial charge on any atom is -0.340 e. The van der Waals surface area contributed by atoms with Gasteiger partial charge in [-0.05, 0) is 36.6 Å². The molecule has 0 spiro atoms. The van der Waals surface area contributed by atoms with Crippen LogP contribution in [0.2, 0.25) is 0 Å². The van der Waals surface area contributed by atoms with Crippen molar-refractivity contribution in [3.8, 4) is 0 Å². The van der Waals surface area contributed by atoms with Crippen molar-refractivity contribution in [2.75, 3.05) is 31.5 Å². The summed E-state index contributed by atoms with van der Waals surface area (Å²) in [6.45, 7) is 5.53. The molecule has 2 aliphatic rings. The van der Waals surface area contributed by atoms with E-state index >= 15 is 0 Å². The summed E-state index contributed by atoms with van der Waals surface area (Å²) in [7, 11) is 0. The highest BCUT2D eigenvalue weighted by Gasteiger charge is 2.35. The van der Waals surface area contributed by atoms with Gasteiger partial charge in [0.05, 0.1) is 0 Å². The maximum absolute atomic E-state index is 12.9. The summed E-state index contributed by atoms with van der Waals surface area (Å²) in [6.07, 6.45) is -3.62. The Morgan fingerprint density at radius 2 is 2.00 bits per heavy atom. The fourth-order valence-corrected chi connectivity index (χ4v) is 3.72. The van der Waals surface area contributed by atoms with Crippen molar-refractivity contribution >= 4 is 23.9 Å². The van der Waals surface area contributed by atoms with Crippen LogP contribution in [-0.4, -0.2) is 41.0 Å². The number of anilines is 2. The molecule has 0 bridgehead atoms. The van der Waals surface area contributed by atoms with Gasteiger partial charge in [-0.2, -0.15) is 13.2 Å². The highest BCUT2D eigenvalue weighted by Crippen LogP contribution is 2.33. The lowest BCUT2D eigenvalue weighted by Gasteiger charge is -2.41. The van der Waals surface area contributed by atoms with Gasteiger partial charge in [0.2, 0.25) is 5.82 Å². The number of aromatic nitrogens is 2. The number of halogens is 4. The monoisotopic (exact) mass is 399 g/mol. The van der Waals surface area contributed by atoms with E-state index in [2.05, 4.69) is 31.6 Å². The number of hydrogen-bond donors (Lipinski definition) is 2. The predicted molar refractivity (Wildman–Crippen MR) is 99.6 cm³/mol. The van der Waals surface area contributed by atoms with Crippen molar-refractivity contribution in [3.05, 3.63) is 46.9 Å². The van der Waals surface area contributed by atoms with Gasteiger partial charge in [-0.25, -0.2) is 9.97 Å². The van der Waals surface area contributed by atoms with Crippen LogP contribution >= 0.6 is 12.4 Å². The number of nitrogens with one attached hydrogen (secondary N) is 2. The van der Waals surface area contributed by atoms with Gasteiger partial charge in [0.15, 0.2) is 0 Å². The average Bonchev–Trinajstić information content (AvgIpc) is 2.60. The van der Waals surface area contributed by atoms with Crippen LogP contribution in [0.4, 0.5) is 24.7 Å². The molecule has 0 saturated carbocycles. The zero-order valence-electron chi connectivity index (χ0n) is 14.8. The Kier molecular flexibility index (Phi) is 5.60. The summed E-state index contributed by atoms with van der Waals surface area (Å²) in [5.41, 5.74) is 3.55. The topological polar surface area (TPSA) is 53.1 Å². The maximum atomic E-state index is 12.9. The molecule has 1 aromatic heterocycles. The van der Waals surface area contributed by atoms with Crippen LogP contribution in [0.15, 0.2) is 24.3 Å². The number of nitrogens with zero attached hydrogens (tertiary/aromatic N) is 3. The van der Waals surface area contributed by atoms with Crippen LogP contribution in [0.3, 0.4) is 0 Å². The quantitative estimate of drug-likeness (QED) is 0.809. The summed E-state index contributed by atoms with van der Waals surface area (Å²) in [4.78, 5) is 9.57. The molecule has 0 radical (unpaired) electrons. The first-order valence-corrected chi connectivity index (χ1v) is 8.67. The standard InChI is InChI=1S/C18H20F3N5.ClH/c1-11-8-16(25-17(23-11)18(19,20)21)24-13-2-3-14-12(9-13)4-6-26-7-5-22-10-15(14)26;/h2-3,8-9,15,22H,4-7,10H2,1H3,(H,23,24,25);1H/t15-;/m0./s1. The van der Waals surface area contributed by atoms with Crippen molar-refractivity contribution in [2.45, 2.75) is 25.6 Å². The molecular formula is C18H21ClF3N5. The van der Waals surface area contributed by atoms with E-state index in [1.54, 1.807) is 0 Å². The predicted octanol–water partition coefficient (Wildman–Crippen LogP) is 3.47. The maximum Gasteiger partial charge on any atom is 0.451 e. The first-order valence-electron chi connectivity index (χ1n) is 8.67. The van der Waals surface area contributed by atoms with Crippen LogP contribution in [0.25, 0.3) is 0 Å². The van der Waals surface area contributed by atoms with Gasteiger partial charge >= 0.3 is 6.18 Å². The summed E-state index contributed by atoms with van der Waals surface area (Å²) in [5.74, 6) is -0.969. The second kappa shape index (κ2) is 7.61. The number of alkyl halides is 3. The van der Waals surface area contributed by atoms with Crippen LogP contribution in [-0.2, 0) is 12.6 Å². The Balaban J connectivity index is 0.00000210. The lowest BCUT2D eigenvalue weighted by atomic mass is 9.91. The van der Waals surface area contributed by atoms with Crippen LogP contribution in [0.1, 0.15) is 28.7 Å². The molecule has 4 rings (SSSR count). The summed E-state index contributed by atoms with van der Waals surface area (Å²) < 4.78 is 38.7. The second-order valence-electron chi connectivity index (χ2n) is 6.76. The number of fused-ring (bicyclic) bond motifs is 3. The molecule has 27 heavy (non-hydrogen) atoms. The lowest BCUT2D eigenvalue weighted by molar-refractivity contribution is -0.145. The molecule has 1 fully saturated rings. The molecule has 2 aromatic rings. The van der Waals surface area contributed by atoms with Crippen molar-refractivity contribution < 1.29 is 13.2 Å². The van der Waals surface area contributed by atoms with Gasteiger partial charge in [-0.3, -0.25) is 4.90 Å².